The normalized spacial score (nSPS) is 10.9. The van der Waals surface area contributed by atoms with Crippen molar-refractivity contribution in [3.8, 4) is 5.69 Å². The van der Waals surface area contributed by atoms with Crippen molar-refractivity contribution in [1.29, 1.82) is 0 Å². The van der Waals surface area contributed by atoms with Crippen molar-refractivity contribution < 1.29 is 9.90 Å². The van der Waals surface area contributed by atoms with Crippen LogP contribution in [-0.2, 0) is 4.79 Å². The third kappa shape index (κ3) is 2.89. The van der Waals surface area contributed by atoms with Gasteiger partial charge in [-0.3, -0.25) is 9.36 Å². The second-order valence-electron chi connectivity index (χ2n) is 4.38. The monoisotopic (exact) mass is 318 g/mol. The zero-order chi connectivity index (χ0) is 14.8. The highest BCUT2D eigenvalue weighted by atomic mass is 35.5. The Kier molecular flexibility index (Phi) is 3.86. The quantitative estimate of drug-likeness (QED) is 0.742. The number of imidazole rings is 1. The molecular weight excluding hydrogens is 308 g/mol. The second kappa shape index (κ2) is 5.79. The minimum absolute atomic E-state index is 0.0378. The summed E-state index contributed by atoms with van der Waals surface area (Å²) in [7, 11) is 0. The first-order valence-electron chi connectivity index (χ1n) is 6.23. The highest BCUT2D eigenvalue weighted by Gasteiger charge is 2.14. The van der Waals surface area contributed by atoms with E-state index in [-0.39, 0.29) is 5.75 Å². The predicted molar refractivity (Wildman–Crippen MR) is 84.4 cm³/mol. The summed E-state index contributed by atoms with van der Waals surface area (Å²) >= 11 is 7.26. The number of rotatable bonds is 4. The maximum atomic E-state index is 10.8. The molecule has 0 aliphatic rings. The molecule has 0 aliphatic carbocycles. The minimum atomic E-state index is -0.871. The summed E-state index contributed by atoms with van der Waals surface area (Å²) in [5, 5.41) is 10.1. The lowest BCUT2D eigenvalue weighted by Gasteiger charge is -2.08. The lowest BCUT2D eigenvalue weighted by molar-refractivity contribution is -0.133. The van der Waals surface area contributed by atoms with Crippen LogP contribution in [0.3, 0.4) is 0 Å². The van der Waals surface area contributed by atoms with E-state index in [0.717, 1.165) is 16.7 Å². The third-order valence-electron chi connectivity index (χ3n) is 2.92. The van der Waals surface area contributed by atoms with Crippen LogP contribution in [0.5, 0.6) is 0 Å². The highest BCUT2D eigenvalue weighted by Crippen LogP contribution is 2.29. The van der Waals surface area contributed by atoms with Crippen LogP contribution in [-0.4, -0.2) is 26.4 Å². The molecule has 4 nitrogen and oxygen atoms in total. The summed E-state index contributed by atoms with van der Waals surface area (Å²) in [6.45, 7) is 0. The summed E-state index contributed by atoms with van der Waals surface area (Å²) in [5.74, 6) is -0.908. The van der Waals surface area contributed by atoms with E-state index in [4.69, 9.17) is 16.7 Å². The zero-order valence-corrected chi connectivity index (χ0v) is 12.4. The van der Waals surface area contributed by atoms with Gasteiger partial charge in [0.15, 0.2) is 5.16 Å². The number of carbonyl (C=O) groups is 1. The largest absolute Gasteiger partial charge is 0.481 e. The van der Waals surface area contributed by atoms with Gasteiger partial charge in [-0.25, -0.2) is 4.98 Å². The smallest absolute Gasteiger partial charge is 0.313 e. The molecule has 0 radical (unpaired) electrons. The summed E-state index contributed by atoms with van der Waals surface area (Å²) in [6, 6.07) is 15.1. The number of hydrogen-bond donors (Lipinski definition) is 1. The zero-order valence-electron chi connectivity index (χ0n) is 10.9. The molecule has 1 N–H and O–H groups in total. The second-order valence-corrected chi connectivity index (χ2v) is 5.76. The van der Waals surface area contributed by atoms with Gasteiger partial charge in [0.05, 0.1) is 16.8 Å². The number of para-hydroxylation sites is 1. The summed E-state index contributed by atoms with van der Waals surface area (Å²) in [4.78, 5) is 15.3. The van der Waals surface area contributed by atoms with Crippen LogP contribution in [0, 0.1) is 0 Å². The average molecular weight is 319 g/mol. The summed E-state index contributed by atoms with van der Waals surface area (Å²) in [6.07, 6.45) is 0. The number of benzene rings is 2. The van der Waals surface area contributed by atoms with Gasteiger partial charge in [-0.1, -0.05) is 41.6 Å². The van der Waals surface area contributed by atoms with Crippen molar-refractivity contribution in [2.24, 2.45) is 0 Å². The van der Waals surface area contributed by atoms with Gasteiger partial charge in [0.25, 0.3) is 0 Å². The fourth-order valence-electron chi connectivity index (χ4n) is 2.08. The van der Waals surface area contributed by atoms with E-state index >= 15 is 0 Å². The van der Waals surface area contributed by atoms with E-state index < -0.39 is 5.97 Å². The Morgan fingerprint density at radius 3 is 2.71 bits per heavy atom. The maximum absolute atomic E-state index is 10.8. The van der Waals surface area contributed by atoms with Crippen molar-refractivity contribution in [2.75, 3.05) is 5.75 Å². The molecule has 0 spiro atoms. The van der Waals surface area contributed by atoms with E-state index in [1.165, 1.54) is 11.8 Å². The Hall–Kier alpha value is -1.98. The van der Waals surface area contributed by atoms with E-state index in [9.17, 15) is 4.79 Å². The van der Waals surface area contributed by atoms with Gasteiger partial charge in [0, 0.05) is 10.7 Å². The van der Waals surface area contributed by atoms with Crippen LogP contribution in [0.4, 0.5) is 0 Å². The van der Waals surface area contributed by atoms with E-state index in [1.807, 2.05) is 47.0 Å². The fourth-order valence-corrected chi connectivity index (χ4v) is 2.99. The van der Waals surface area contributed by atoms with Crippen LogP contribution < -0.4 is 0 Å². The molecule has 0 amide bonds. The summed E-state index contributed by atoms with van der Waals surface area (Å²) in [5.41, 5.74) is 2.58. The Morgan fingerprint density at radius 1 is 1.24 bits per heavy atom. The number of hydrogen-bond acceptors (Lipinski definition) is 3. The van der Waals surface area contributed by atoms with Gasteiger partial charge < -0.3 is 5.11 Å². The van der Waals surface area contributed by atoms with Crippen LogP contribution in [0.1, 0.15) is 0 Å². The average Bonchev–Trinajstić information content (AvgIpc) is 2.83. The molecule has 1 heterocycles. The van der Waals surface area contributed by atoms with Crippen molar-refractivity contribution in [2.45, 2.75) is 5.16 Å². The molecule has 2 aromatic carbocycles. The Bertz CT molecular complexity index is 802. The predicted octanol–water partition coefficient (Wildman–Crippen LogP) is 3.86. The van der Waals surface area contributed by atoms with E-state index in [2.05, 4.69) is 4.98 Å². The lowest BCUT2D eigenvalue weighted by Crippen LogP contribution is -2.01. The molecule has 3 rings (SSSR count). The Balaban J connectivity index is 2.19. The number of fused-ring (bicyclic) bond motifs is 1. The summed E-state index contributed by atoms with van der Waals surface area (Å²) < 4.78 is 1.93. The molecule has 6 heteroatoms. The topological polar surface area (TPSA) is 55.1 Å². The number of carboxylic acid groups (broad SMARTS) is 1. The molecule has 0 unspecified atom stereocenters. The molecule has 3 aromatic rings. The van der Waals surface area contributed by atoms with Gasteiger partial charge in [-0.2, -0.15) is 0 Å². The molecule has 0 atom stereocenters. The molecule has 1 aromatic heterocycles. The SMILES string of the molecule is O=C(O)CSc1nc2ccc(Cl)cc2n1-c1ccccc1. The number of aromatic nitrogens is 2. The number of carboxylic acids is 1. The van der Waals surface area contributed by atoms with Crippen molar-refractivity contribution in [3.05, 3.63) is 53.6 Å². The fraction of sp³-hybridized carbons (Fsp3) is 0.0667. The Labute approximate surface area is 130 Å². The third-order valence-corrected chi connectivity index (χ3v) is 4.08. The molecule has 0 saturated carbocycles. The highest BCUT2D eigenvalue weighted by molar-refractivity contribution is 7.99. The van der Waals surface area contributed by atoms with Crippen molar-refractivity contribution in [1.82, 2.24) is 9.55 Å². The number of halogens is 1. The molecule has 0 saturated heterocycles. The first-order valence-corrected chi connectivity index (χ1v) is 7.59. The van der Waals surface area contributed by atoms with Crippen LogP contribution in [0.2, 0.25) is 5.02 Å². The van der Waals surface area contributed by atoms with Gasteiger partial charge in [0.1, 0.15) is 0 Å². The van der Waals surface area contributed by atoms with Crippen LogP contribution in [0.25, 0.3) is 16.7 Å². The number of aliphatic carboxylic acids is 1. The molecule has 106 valence electrons. The van der Waals surface area contributed by atoms with Crippen LogP contribution in [0.15, 0.2) is 53.7 Å². The molecule has 21 heavy (non-hydrogen) atoms. The van der Waals surface area contributed by atoms with Gasteiger partial charge in [0.2, 0.25) is 0 Å². The van der Waals surface area contributed by atoms with Crippen molar-refractivity contribution >= 4 is 40.4 Å². The lowest BCUT2D eigenvalue weighted by atomic mass is 10.3. The van der Waals surface area contributed by atoms with Crippen molar-refractivity contribution in [3.63, 3.8) is 0 Å². The number of nitrogens with zero attached hydrogens (tertiary/aromatic N) is 2. The Morgan fingerprint density at radius 2 is 2.00 bits per heavy atom. The van der Waals surface area contributed by atoms with E-state index in [1.54, 1.807) is 6.07 Å². The minimum Gasteiger partial charge on any atom is -0.481 e. The first-order chi connectivity index (χ1) is 10.1. The number of thioether (sulfide) groups is 1. The standard InChI is InChI=1S/C15H11ClN2O2S/c16-10-6-7-12-13(8-10)18(11-4-2-1-3-5-11)15(17-12)21-9-14(19)20/h1-8H,9H2,(H,19,20). The van der Waals surface area contributed by atoms with Gasteiger partial charge >= 0.3 is 5.97 Å². The maximum Gasteiger partial charge on any atom is 0.313 e. The molecule has 0 aliphatic heterocycles. The first kappa shape index (κ1) is 14.0. The molecule has 0 fully saturated rings. The van der Waals surface area contributed by atoms with Gasteiger partial charge in [-0.05, 0) is 30.3 Å². The molecule has 0 bridgehead atoms. The molecular formula is C15H11ClN2O2S. The van der Waals surface area contributed by atoms with E-state index in [0.29, 0.717) is 10.2 Å². The van der Waals surface area contributed by atoms with Gasteiger partial charge in [-0.15, -0.1) is 0 Å². The van der Waals surface area contributed by atoms with Crippen LogP contribution >= 0.6 is 23.4 Å².